The summed E-state index contributed by atoms with van der Waals surface area (Å²) in [4.78, 5) is 17.6. The highest BCUT2D eigenvalue weighted by molar-refractivity contribution is 9.10. The molecular formula is C9H12BrN3O. The minimum absolute atomic E-state index is 0.0455. The van der Waals surface area contributed by atoms with E-state index in [2.05, 4.69) is 27.8 Å². The van der Waals surface area contributed by atoms with Gasteiger partial charge in [-0.25, -0.2) is 4.98 Å². The summed E-state index contributed by atoms with van der Waals surface area (Å²) >= 11 is 3.36. The second kappa shape index (κ2) is 3.73. The van der Waals surface area contributed by atoms with Gasteiger partial charge in [0.2, 0.25) is 5.82 Å². The van der Waals surface area contributed by atoms with Gasteiger partial charge in [-0.2, -0.15) is 0 Å². The smallest absolute Gasteiger partial charge is 0.291 e. The van der Waals surface area contributed by atoms with E-state index in [0.29, 0.717) is 12.5 Å². The highest BCUT2D eigenvalue weighted by atomic mass is 79.9. The zero-order valence-electron chi connectivity index (χ0n) is 8.03. The molecule has 1 aromatic rings. The fourth-order valence-electron chi connectivity index (χ4n) is 1.56. The maximum atomic E-state index is 11.7. The number of aromatic nitrogens is 2. The molecule has 1 aliphatic heterocycles. The standard InChI is InChI=1S/C9H12BrN3O/c1-2-3-4-12-6-13-7(10)5-11-8(13)9(12)14/h5H,2-4,6H2,1H3. The van der Waals surface area contributed by atoms with E-state index in [1.54, 1.807) is 6.20 Å². The number of carbonyl (C=O) groups excluding carboxylic acids is 1. The number of hydrogen-bond acceptors (Lipinski definition) is 2. The molecule has 76 valence electrons. The molecule has 0 saturated carbocycles. The molecule has 0 aliphatic carbocycles. The van der Waals surface area contributed by atoms with Crippen LogP contribution in [0.15, 0.2) is 10.8 Å². The molecule has 14 heavy (non-hydrogen) atoms. The maximum Gasteiger partial charge on any atom is 0.291 e. The molecule has 2 rings (SSSR count). The molecule has 0 aromatic carbocycles. The minimum atomic E-state index is 0.0455. The van der Waals surface area contributed by atoms with Gasteiger partial charge in [0.15, 0.2) is 0 Å². The van der Waals surface area contributed by atoms with E-state index in [1.807, 2.05) is 9.47 Å². The lowest BCUT2D eigenvalue weighted by molar-refractivity contribution is 0.0763. The van der Waals surface area contributed by atoms with Gasteiger partial charge in [0.25, 0.3) is 5.91 Å². The topological polar surface area (TPSA) is 38.1 Å². The van der Waals surface area contributed by atoms with E-state index >= 15 is 0 Å². The summed E-state index contributed by atoms with van der Waals surface area (Å²) in [6.07, 6.45) is 3.83. The number of amides is 1. The van der Waals surface area contributed by atoms with E-state index in [1.165, 1.54) is 0 Å². The molecule has 0 N–H and O–H groups in total. The Balaban J connectivity index is 2.13. The lowest BCUT2D eigenvalue weighted by Crippen LogP contribution is -2.25. The molecule has 1 amide bonds. The molecule has 0 saturated heterocycles. The third-order valence-electron chi connectivity index (χ3n) is 2.38. The molecule has 4 nitrogen and oxygen atoms in total. The van der Waals surface area contributed by atoms with Crippen molar-refractivity contribution in [3.8, 4) is 0 Å². The predicted molar refractivity (Wildman–Crippen MR) is 55.9 cm³/mol. The van der Waals surface area contributed by atoms with Gasteiger partial charge >= 0.3 is 0 Å². The lowest BCUT2D eigenvalue weighted by atomic mass is 10.3. The van der Waals surface area contributed by atoms with Crippen LogP contribution in [0.25, 0.3) is 0 Å². The van der Waals surface area contributed by atoms with Crippen LogP contribution in [-0.2, 0) is 6.67 Å². The Hall–Kier alpha value is -0.840. The quantitative estimate of drug-likeness (QED) is 0.829. The third kappa shape index (κ3) is 1.45. The van der Waals surface area contributed by atoms with E-state index in [4.69, 9.17) is 0 Å². The Morgan fingerprint density at radius 2 is 2.43 bits per heavy atom. The van der Waals surface area contributed by atoms with Crippen molar-refractivity contribution in [2.75, 3.05) is 6.54 Å². The van der Waals surface area contributed by atoms with Crippen molar-refractivity contribution in [2.45, 2.75) is 26.4 Å². The number of imidazole rings is 1. The first-order chi connectivity index (χ1) is 6.74. The lowest BCUT2D eigenvalue weighted by Gasteiger charge is -2.13. The van der Waals surface area contributed by atoms with Gasteiger partial charge in [0, 0.05) is 6.54 Å². The van der Waals surface area contributed by atoms with Gasteiger partial charge < -0.3 is 4.90 Å². The first-order valence-electron chi connectivity index (χ1n) is 4.74. The Kier molecular flexibility index (Phi) is 2.58. The van der Waals surface area contributed by atoms with Crippen LogP contribution in [0.3, 0.4) is 0 Å². The molecule has 0 spiro atoms. The van der Waals surface area contributed by atoms with Gasteiger partial charge in [0.1, 0.15) is 11.3 Å². The summed E-state index contributed by atoms with van der Waals surface area (Å²) in [5, 5.41) is 0. The number of rotatable bonds is 3. The summed E-state index contributed by atoms with van der Waals surface area (Å²) in [5.74, 6) is 0.595. The van der Waals surface area contributed by atoms with Gasteiger partial charge in [-0.1, -0.05) is 13.3 Å². The largest absolute Gasteiger partial charge is 0.318 e. The Bertz CT molecular complexity index is 361. The first kappa shape index (κ1) is 9.71. The van der Waals surface area contributed by atoms with Gasteiger partial charge in [-0.3, -0.25) is 9.36 Å². The number of halogens is 1. The fourth-order valence-corrected chi connectivity index (χ4v) is 1.94. The zero-order chi connectivity index (χ0) is 10.1. The monoisotopic (exact) mass is 257 g/mol. The molecule has 0 bridgehead atoms. The Labute approximate surface area is 91.0 Å². The normalized spacial score (nSPS) is 15.0. The average Bonchev–Trinajstić information content (AvgIpc) is 2.67. The van der Waals surface area contributed by atoms with Crippen LogP contribution in [0.2, 0.25) is 0 Å². The van der Waals surface area contributed by atoms with Crippen LogP contribution in [0.4, 0.5) is 0 Å². The van der Waals surface area contributed by atoms with Crippen LogP contribution in [0.5, 0.6) is 0 Å². The molecule has 0 radical (unpaired) electrons. The van der Waals surface area contributed by atoms with Crippen LogP contribution in [0, 0.1) is 0 Å². The Morgan fingerprint density at radius 1 is 1.64 bits per heavy atom. The molecule has 1 aromatic heterocycles. The molecule has 2 heterocycles. The number of unbranched alkanes of at least 4 members (excludes halogenated alkanes) is 1. The van der Waals surface area contributed by atoms with E-state index in [9.17, 15) is 4.79 Å². The number of nitrogens with zero attached hydrogens (tertiary/aromatic N) is 3. The summed E-state index contributed by atoms with van der Waals surface area (Å²) in [6.45, 7) is 3.58. The van der Waals surface area contributed by atoms with Crippen LogP contribution >= 0.6 is 15.9 Å². The van der Waals surface area contributed by atoms with Crippen molar-refractivity contribution in [1.29, 1.82) is 0 Å². The van der Waals surface area contributed by atoms with Crippen molar-refractivity contribution in [3.05, 3.63) is 16.6 Å². The molecule has 0 atom stereocenters. The second-order valence-electron chi connectivity index (χ2n) is 3.40. The summed E-state index contributed by atoms with van der Waals surface area (Å²) in [6, 6.07) is 0. The number of hydrogen-bond donors (Lipinski definition) is 0. The second-order valence-corrected chi connectivity index (χ2v) is 4.21. The summed E-state index contributed by atoms with van der Waals surface area (Å²) in [7, 11) is 0. The van der Waals surface area contributed by atoms with E-state index in [-0.39, 0.29) is 5.91 Å². The van der Waals surface area contributed by atoms with Crippen molar-refractivity contribution in [3.63, 3.8) is 0 Å². The van der Waals surface area contributed by atoms with Gasteiger partial charge in [-0.05, 0) is 22.4 Å². The van der Waals surface area contributed by atoms with Crippen LogP contribution in [0.1, 0.15) is 30.4 Å². The van der Waals surface area contributed by atoms with Crippen molar-refractivity contribution in [2.24, 2.45) is 0 Å². The minimum Gasteiger partial charge on any atom is -0.318 e. The third-order valence-corrected chi connectivity index (χ3v) is 3.01. The molecule has 5 heteroatoms. The average molecular weight is 258 g/mol. The predicted octanol–water partition coefficient (Wildman–Crippen LogP) is 1.86. The molecular weight excluding hydrogens is 246 g/mol. The highest BCUT2D eigenvalue weighted by Gasteiger charge is 2.29. The van der Waals surface area contributed by atoms with Gasteiger partial charge in [0.05, 0.1) is 6.20 Å². The van der Waals surface area contributed by atoms with Crippen molar-refractivity contribution in [1.82, 2.24) is 14.5 Å². The first-order valence-corrected chi connectivity index (χ1v) is 5.53. The number of carbonyl (C=O) groups is 1. The number of fused-ring (bicyclic) bond motifs is 1. The van der Waals surface area contributed by atoms with Crippen molar-refractivity contribution < 1.29 is 4.79 Å². The molecule has 1 aliphatic rings. The van der Waals surface area contributed by atoms with E-state index < -0.39 is 0 Å². The van der Waals surface area contributed by atoms with Crippen molar-refractivity contribution >= 4 is 21.8 Å². The van der Waals surface area contributed by atoms with Crippen LogP contribution < -0.4 is 0 Å². The Morgan fingerprint density at radius 3 is 3.07 bits per heavy atom. The molecule has 0 unspecified atom stereocenters. The SMILES string of the molecule is CCCCN1Cn2c(Br)cnc2C1=O. The summed E-state index contributed by atoms with van der Waals surface area (Å²) in [5.41, 5.74) is 0. The highest BCUT2D eigenvalue weighted by Crippen LogP contribution is 2.21. The van der Waals surface area contributed by atoms with Gasteiger partial charge in [-0.15, -0.1) is 0 Å². The zero-order valence-corrected chi connectivity index (χ0v) is 9.62. The van der Waals surface area contributed by atoms with Crippen LogP contribution in [-0.4, -0.2) is 26.9 Å². The molecule has 0 fully saturated rings. The van der Waals surface area contributed by atoms with E-state index in [0.717, 1.165) is 24.0 Å². The maximum absolute atomic E-state index is 11.7. The summed E-state index contributed by atoms with van der Waals surface area (Å²) < 4.78 is 2.76. The fraction of sp³-hybridized carbons (Fsp3) is 0.556.